The first-order valence-corrected chi connectivity index (χ1v) is 7.65. The van der Waals surface area contributed by atoms with E-state index >= 15 is 0 Å². The van der Waals surface area contributed by atoms with Gasteiger partial charge in [-0.25, -0.2) is 0 Å². The maximum atomic E-state index is 12.1. The number of anilines is 1. The van der Waals surface area contributed by atoms with Crippen molar-refractivity contribution in [3.63, 3.8) is 0 Å². The average molecular weight is 314 g/mol. The van der Waals surface area contributed by atoms with Crippen LogP contribution in [-0.2, 0) is 9.59 Å². The van der Waals surface area contributed by atoms with E-state index in [0.717, 1.165) is 11.8 Å². The van der Waals surface area contributed by atoms with Crippen molar-refractivity contribution < 1.29 is 9.59 Å². The Hall–Kier alpha value is -2.47. The molecule has 0 spiro atoms. The molecule has 0 aliphatic rings. The molecule has 1 atom stereocenters. The highest BCUT2D eigenvalue weighted by molar-refractivity contribution is 6.02. The predicted octanol–water partition coefficient (Wildman–Crippen LogP) is 1.81. The SMILES string of the molecule is CCCC(C)(N)C(=O)NCC(=O)Nc1cccc2cccnc12. The van der Waals surface area contributed by atoms with Gasteiger partial charge in [0.05, 0.1) is 23.3 Å². The highest BCUT2D eigenvalue weighted by atomic mass is 16.2. The maximum absolute atomic E-state index is 12.1. The topological polar surface area (TPSA) is 97.1 Å². The highest BCUT2D eigenvalue weighted by Gasteiger charge is 2.27. The second kappa shape index (κ2) is 7.19. The lowest BCUT2D eigenvalue weighted by atomic mass is 9.96. The van der Waals surface area contributed by atoms with Crippen LogP contribution in [0.5, 0.6) is 0 Å². The van der Waals surface area contributed by atoms with E-state index in [4.69, 9.17) is 5.73 Å². The molecule has 2 aromatic rings. The molecule has 2 amide bonds. The molecule has 1 aromatic heterocycles. The van der Waals surface area contributed by atoms with Crippen LogP contribution < -0.4 is 16.4 Å². The van der Waals surface area contributed by atoms with Gasteiger partial charge >= 0.3 is 0 Å². The van der Waals surface area contributed by atoms with Crippen molar-refractivity contribution >= 4 is 28.4 Å². The standard InChI is InChI=1S/C17H22N4O2/c1-3-9-17(2,18)16(23)20-11-14(22)21-13-8-4-6-12-7-5-10-19-15(12)13/h4-8,10H,3,9,11,18H2,1-2H3,(H,20,23)(H,21,22). The number of nitrogens with zero attached hydrogens (tertiary/aromatic N) is 1. The van der Waals surface area contributed by atoms with Crippen LogP contribution in [0.3, 0.4) is 0 Å². The Morgan fingerprint density at radius 2 is 2.00 bits per heavy atom. The number of hydrogen-bond acceptors (Lipinski definition) is 4. The summed E-state index contributed by atoms with van der Waals surface area (Å²) in [5.41, 5.74) is 6.30. The van der Waals surface area contributed by atoms with Gasteiger partial charge in [0.2, 0.25) is 11.8 Å². The van der Waals surface area contributed by atoms with Crippen LogP contribution in [0.1, 0.15) is 26.7 Å². The van der Waals surface area contributed by atoms with Gasteiger partial charge < -0.3 is 16.4 Å². The fourth-order valence-corrected chi connectivity index (χ4v) is 2.39. The molecule has 2 rings (SSSR count). The summed E-state index contributed by atoms with van der Waals surface area (Å²) in [5.74, 6) is -0.644. The Kier molecular flexibility index (Phi) is 5.28. The summed E-state index contributed by atoms with van der Waals surface area (Å²) in [7, 11) is 0. The first-order valence-electron chi connectivity index (χ1n) is 7.65. The molecule has 1 aromatic carbocycles. The van der Waals surface area contributed by atoms with E-state index in [1.807, 2.05) is 31.2 Å². The second-order valence-corrected chi connectivity index (χ2v) is 5.78. The number of aromatic nitrogens is 1. The van der Waals surface area contributed by atoms with Crippen LogP contribution in [0.2, 0.25) is 0 Å². The van der Waals surface area contributed by atoms with Gasteiger partial charge in [0.1, 0.15) is 0 Å². The van der Waals surface area contributed by atoms with Crippen molar-refractivity contribution in [3.05, 3.63) is 36.5 Å². The molecule has 0 radical (unpaired) electrons. The summed E-state index contributed by atoms with van der Waals surface area (Å²) in [4.78, 5) is 28.3. The molecular formula is C17H22N4O2. The Morgan fingerprint density at radius 3 is 2.74 bits per heavy atom. The molecule has 0 aliphatic carbocycles. The van der Waals surface area contributed by atoms with Crippen molar-refractivity contribution in [3.8, 4) is 0 Å². The van der Waals surface area contributed by atoms with E-state index in [1.54, 1.807) is 19.2 Å². The number of nitrogens with two attached hydrogens (primary N) is 1. The third-order valence-electron chi connectivity index (χ3n) is 3.60. The minimum absolute atomic E-state index is 0.126. The third kappa shape index (κ3) is 4.26. The molecule has 0 aliphatic heterocycles. The lowest BCUT2D eigenvalue weighted by Crippen LogP contribution is -2.52. The molecule has 0 bridgehead atoms. The summed E-state index contributed by atoms with van der Waals surface area (Å²) < 4.78 is 0. The molecule has 1 unspecified atom stereocenters. The molecule has 4 N–H and O–H groups in total. The van der Waals surface area contributed by atoms with Gasteiger partial charge in [0.15, 0.2) is 0 Å². The molecule has 0 saturated carbocycles. The number of fused-ring (bicyclic) bond motifs is 1. The molecular weight excluding hydrogens is 292 g/mol. The number of para-hydroxylation sites is 1. The monoisotopic (exact) mass is 314 g/mol. The number of carbonyl (C=O) groups is 2. The number of carbonyl (C=O) groups excluding carboxylic acids is 2. The molecule has 1 heterocycles. The van der Waals surface area contributed by atoms with Gasteiger partial charge in [-0.1, -0.05) is 31.5 Å². The summed E-state index contributed by atoms with van der Waals surface area (Å²) in [5, 5.41) is 6.28. The summed E-state index contributed by atoms with van der Waals surface area (Å²) in [6, 6.07) is 9.30. The van der Waals surface area contributed by atoms with Gasteiger partial charge in [0, 0.05) is 11.6 Å². The van der Waals surface area contributed by atoms with Crippen molar-refractivity contribution in [2.75, 3.05) is 11.9 Å². The summed E-state index contributed by atoms with van der Waals surface area (Å²) in [6.45, 7) is 3.50. The first-order chi connectivity index (χ1) is 10.9. The van der Waals surface area contributed by atoms with E-state index in [9.17, 15) is 9.59 Å². The number of pyridine rings is 1. The molecule has 0 saturated heterocycles. The summed E-state index contributed by atoms with van der Waals surface area (Å²) >= 11 is 0. The van der Waals surface area contributed by atoms with E-state index in [0.29, 0.717) is 17.6 Å². The highest BCUT2D eigenvalue weighted by Crippen LogP contribution is 2.20. The van der Waals surface area contributed by atoms with Crippen molar-refractivity contribution in [1.82, 2.24) is 10.3 Å². The van der Waals surface area contributed by atoms with E-state index in [-0.39, 0.29) is 18.4 Å². The van der Waals surface area contributed by atoms with Crippen LogP contribution in [0.25, 0.3) is 10.9 Å². The van der Waals surface area contributed by atoms with E-state index in [1.165, 1.54) is 0 Å². The van der Waals surface area contributed by atoms with Crippen molar-refractivity contribution in [2.24, 2.45) is 5.73 Å². The predicted molar refractivity (Wildman–Crippen MR) is 90.9 cm³/mol. The lowest BCUT2D eigenvalue weighted by Gasteiger charge is -2.22. The van der Waals surface area contributed by atoms with Crippen LogP contribution in [0.4, 0.5) is 5.69 Å². The quantitative estimate of drug-likeness (QED) is 0.757. The van der Waals surface area contributed by atoms with Gasteiger partial charge in [-0.05, 0) is 25.5 Å². The number of hydrogen-bond donors (Lipinski definition) is 3. The lowest BCUT2D eigenvalue weighted by molar-refractivity contribution is -0.128. The molecule has 6 heteroatoms. The van der Waals surface area contributed by atoms with Crippen LogP contribution >= 0.6 is 0 Å². The molecule has 0 fully saturated rings. The molecule has 6 nitrogen and oxygen atoms in total. The minimum Gasteiger partial charge on any atom is -0.345 e. The maximum Gasteiger partial charge on any atom is 0.243 e. The number of nitrogens with one attached hydrogen (secondary N) is 2. The van der Waals surface area contributed by atoms with E-state index < -0.39 is 5.54 Å². The normalized spacial score (nSPS) is 13.3. The van der Waals surface area contributed by atoms with Gasteiger partial charge in [-0.15, -0.1) is 0 Å². The zero-order valence-corrected chi connectivity index (χ0v) is 13.4. The Balaban J connectivity index is 1.98. The van der Waals surface area contributed by atoms with Gasteiger partial charge in [-0.2, -0.15) is 0 Å². The molecule has 122 valence electrons. The van der Waals surface area contributed by atoms with Crippen molar-refractivity contribution in [1.29, 1.82) is 0 Å². The zero-order chi connectivity index (χ0) is 16.9. The zero-order valence-electron chi connectivity index (χ0n) is 13.4. The first kappa shape index (κ1) is 16.9. The Morgan fingerprint density at radius 1 is 1.26 bits per heavy atom. The van der Waals surface area contributed by atoms with E-state index in [2.05, 4.69) is 15.6 Å². The van der Waals surface area contributed by atoms with Gasteiger partial charge in [-0.3, -0.25) is 14.6 Å². The summed E-state index contributed by atoms with van der Waals surface area (Å²) in [6.07, 6.45) is 3.03. The second-order valence-electron chi connectivity index (χ2n) is 5.78. The number of amides is 2. The fraction of sp³-hybridized carbons (Fsp3) is 0.353. The van der Waals surface area contributed by atoms with Gasteiger partial charge in [0.25, 0.3) is 0 Å². The largest absolute Gasteiger partial charge is 0.345 e. The average Bonchev–Trinajstić information content (AvgIpc) is 2.53. The smallest absolute Gasteiger partial charge is 0.243 e. The van der Waals surface area contributed by atoms with Crippen LogP contribution in [-0.4, -0.2) is 28.9 Å². The molecule has 23 heavy (non-hydrogen) atoms. The fourth-order valence-electron chi connectivity index (χ4n) is 2.39. The minimum atomic E-state index is -0.962. The third-order valence-corrected chi connectivity index (χ3v) is 3.60. The van der Waals surface area contributed by atoms with Crippen LogP contribution in [0.15, 0.2) is 36.5 Å². The van der Waals surface area contributed by atoms with Crippen molar-refractivity contribution in [2.45, 2.75) is 32.2 Å². The number of rotatable bonds is 6. The van der Waals surface area contributed by atoms with Crippen LogP contribution in [0, 0.1) is 0 Å². The Bertz CT molecular complexity index is 707. The Labute approximate surface area is 135 Å². The number of benzene rings is 1.